The van der Waals surface area contributed by atoms with E-state index in [4.69, 9.17) is 10.2 Å². The van der Waals surface area contributed by atoms with E-state index >= 15 is 0 Å². The van der Waals surface area contributed by atoms with E-state index in [1.165, 1.54) is 6.20 Å². The molecule has 0 atom stereocenters. The summed E-state index contributed by atoms with van der Waals surface area (Å²) in [5.41, 5.74) is 2.33. The minimum atomic E-state index is -1.30. The van der Waals surface area contributed by atoms with Crippen molar-refractivity contribution in [3.63, 3.8) is 0 Å². The fourth-order valence-corrected chi connectivity index (χ4v) is 4.57. The first-order valence-corrected chi connectivity index (χ1v) is 12.8. The minimum Gasteiger partial charge on any atom is -0.465 e. The third-order valence-electron chi connectivity index (χ3n) is 6.45. The van der Waals surface area contributed by atoms with Gasteiger partial charge < -0.3 is 36.8 Å². The number of rotatable bonds is 11. The van der Waals surface area contributed by atoms with Crippen LogP contribution in [0.1, 0.15) is 16.7 Å². The molecule has 12 heteroatoms. The molecule has 0 aliphatic rings. The number of benzene rings is 3. The maximum Gasteiger partial charge on any atom is 0.404 e. The first-order valence-electron chi connectivity index (χ1n) is 12.8. The number of nitrogens with one attached hydrogen (secondary N) is 5. The molecule has 4 amide bonds. The maximum atomic E-state index is 13.0. The first kappa shape index (κ1) is 28.5. The number of hydrogen-bond donors (Lipinski definition) is 7. The number of anilines is 2. The van der Waals surface area contributed by atoms with Crippen LogP contribution < -0.4 is 26.6 Å². The highest BCUT2D eigenvalue weighted by molar-refractivity contribution is 5.92. The fraction of sp³-hybridized carbons (Fsp3) is 0.172. The van der Waals surface area contributed by atoms with Crippen LogP contribution in [-0.4, -0.2) is 57.3 Å². The first-order chi connectivity index (χ1) is 19.8. The van der Waals surface area contributed by atoms with Gasteiger partial charge in [-0.3, -0.25) is 4.68 Å². The zero-order chi connectivity index (χ0) is 29.2. The number of carboxylic acid groups (broad SMARTS) is 2. The molecular weight excluding hydrogens is 526 g/mol. The molecule has 4 rings (SSSR count). The summed E-state index contributed by atoms with van der Waals surface area (Å²) in [5, 5.41) is 35.6. The van der Waals surface area contributed by atoms with Crippen LogP contribution in [0.2, 0.25) is 0 Å². The average molecular weight is 558 g/mol. The van der Waals surface area contributed by atoms with E-state index in [9.17, 15) is 14.4 Å². The third-order valence-corrected chi connectivity index (χ3v) is 6.45. The van der Waals surface area contributed by atoms with Gasteiger partial charge in [0.05, 0.1) is 12.2 Å². The van der Waals surface area contributed by atoms with Gasteiger partial charge in [-0.15, -0.1) is 0 Å². The zero-order valence-electron chi connectivity index (χ0n) is 22.2. The number of urea groups is 1. The Balaban J connectivity index is 1.70. The van der Waals surface area contributed by atoms with Gasteiger partial charge in [-0.25, -0.2) is 14.4 Å². The third kappa shape index (κ3) is 6.92. The lowest BCUT2D eigenvalue weighted by atomic mass is 9.77. The van der Waals surface area contributed by atoms with Crippen LogP contribution in [0, 0.1) is 0 Å². The molecule has 0 radical (unpaired) electrons. The van der Waals surface area contributed by atoms with Gasteiger partial charge in [0.2, 0.25) is 0 Å². The Morgan fingerprint density at radius 1 is 0.780 bits per heavy atom. The number of hydrogen-bond acceptors (Lipinski definition) is 5. The predicted molar refractivity (Wildman–Crippen MR) is 154 cm³/mol. The lowest BCUT2D eigenvalue weighted by molar-refractivity contribution is 0.190. The molecule has 4 aromatic rings. The van der Waals surface area contributed by atoms with Crippen LogP contribution in [0.15, 0.2) is 97.2 Å². The van der Waals surface area contributed by atoms with Crippen LogP contribution in [0.4, 0.5) is 25.9 Å². The Hall–Kier alpha value is -5.52. The van der Waals surface area contributed by atoms with Crippen molar-refractivity contribution < 1.29 is 24.6 Å². The second-order valence-corrected chi connectivity index (χ2v) is 9.17. The van der Waals surface area contributed by atoms with Crippen molar-refractivity contribution in [2.75, 3.05) is 23.7 Å². The van der Waals surface area contributed by atoms with Gasteiger partial charge in [-0.05, 0) is 16.7 Å². The highest BCUT2D eigenvalue weighted by Gasteiger charge is 2.38. The molecule has 7 N–H and O–H groups in total. The molecule has 0 bridgehead atoms. The van der Waals surface area contributed by atoms with Crippen molar-refractivity contribution in [1.82, 2.24) is 25.7 Å². The Morgan fingerprint density at radius 3 is 1.63 bits per heavy atom. The molecule has 1 heterocycles. The molecule has 0 spiro atoms. The van der Waals surface area contributed by atoms with Crippen LogP contribution in [0.5, 0.6) is 0 Å². The van der Waals surface area contributed by atoms with E-state index in [1.54, 1.807) is 11.7 Å². The Kier molecular flexibility index (Phi) is 9.05. The molecule has 1 aromatic heterocycles. The van der Waals surface area contributed by atoms with E-state index in [1.807, 2.05) is 91.0 Å². The molecule has 0 saturated heterocycles. The van der Waals surface area contributed by atoms with E-state index in [2.05, 4.69) is 31.7 Å². The minimum absolute atomic E-state index is 0.208. The zero-order valence-corrected chi connectivity index (χ0v) is 22.2. The van der Waals surface area contributed by atoms with Crippen LogP contribution in [-0.2, 0) is 12.6 Å². The summed E-state index contributed by atoms with van der Waals surface area (Å²) in [6.07, 6.45) is -1.11. The molecular formula is C29H31N7O5. The van der Waals surface area contributed by atoms with Gasteiger partial charge in [0.1, 0.15) is 17.0 Å². The van der Waals surface area contributed by atoms with Gasteiger partial charge in [-0.2, -0.15) is 5.10 Å². The number of carbonyl (C=O) groups is 3. The second kappa shape index (κ2) is 13.0. The van der Waals surface area contributed by atoms with Crippen molar-refractivity contribution in [2.45, 2.75) is 11.6 Å². The Bertz CT molecular complexity index is 1350. The number of carbonyl (C=O) groups excluding carboxylic acids is 1. The van der Waals surface area contributed by atoms with Gasteiger partial charge in [0.25, 0.3) is 0 Å². The van der Waals surface area contributed by atoms with E-state index in [0.717, 1.165) is 16.7 Å². The summed E-state index contributed by atoms with van der Waals surface area (Å²) in [7, 11) is 1.74. The summed E-state index contributed by atoms with van der Waals surface area (Å²) >= 11 is 0. The number of amides is 4. The smallest absolute Gasteiger partial charge is 0.404 e. The molecule has 0 saturated carbocycles. The predicted octanol–water partition coefficient (Wildman–Crippen LogP) is 3.85. The highest BCUT2D eigenvalue weighted by Crippen LogP contribution is 2.41. The normalized spacial score (nSPS) is 11.0. The van der Waals surface area contributed by atoms with Crippen LogP contribution >= 0.6 is 0 Å². The van der Waals surface area contributed by atoms with Gasteiger partial charge in [0, 0.05) is 20.1 Å². The molecule has 0 aliphatic carbocycles. The lowest BCUT2D eigenvalue weighted by Crippen LogP contribution is -2.50. The number of aromatic nitrogens is 2. The van der Waals surface area contributed by atoms with Gasteiger partial charge in [0.15, 0.2) is 0 Å². The molecule has 212 valence electrons. The summed E-state index contributed by atoms with van der Waals surface area (Å²) in [6.45, 7) is -0.416. The standard InChI is InChI=1S/C29H31N7O5/c1-36-25(24(19-32-36)34-26(37)33-23(17-30-27(38)39)18-31-28(40)41)35-29(20-11-5-2-6-12-20,21-13-7-3-8-14-21)22-15-9-4-10-16-22/h2-16,19,23,30-31,35H,17-18H2,1H3,(H,38,39)(H,40,41)(H2,33,34,37). The summed E-state index contributed by atoms with van der Waals surface area (Å²) in [6, 6.07) is 28.2. The summed E-state index contributed by atoms with van der Waals surface area (Å²) in [4.78, 5) is 34.9. The average Bonchev–Trinajstić information content (AvgIpc) is 3.32. The van der Waals surface area contributed by atoms with E-state index in [0.29, 0.717) is 11.5 Å². The van der Waals surface area contributed by atoms with E-state index in [-0.39, 0.29) is 13.1 Å². The SMILES string of the molecule is Cn1ncc(NC(=O)NC(CNC(=O)O)CNC(=O)O)c1NC(c1ccccc1)(c1ccccc1)c1ccccc1. The van der Waals surface area contributed by atoms with Crippen molar-refractivity contribution in [1.29, 1.82) is 0 Å². The van der Waals surface area contributed by atoms with Crippen LogP contribution in [0.25, 0.3) is 0 Å². The largest absolute Gasteiger partial charge is 0.465 e. The molecule has 0 fully saturated rings. The molecule has 41 heavy (non-hydrogen) atoms. The van der Waals surface area contributed by atoms with E-state index < -0.39 is 29.8 Å². The van der Waals surface area contributed by atoms with Crippen molar-refractivity contribution in [2.24, 2.45) is 7.05 Å². The monoisotopic (exact) mass is 557 g/mol. The van der Waals surface area contributed by atoms with Crippen molar-refractivity contribution >= 4 is 29.7 Å². The summed E-state index contributed by atoms with van der Waals surface area (Å²) in [5.74, 6) is 0.501. The topological polar surface area (TPSA) is 170 Å². The molecule has 12 nitrogen and oxygen atoms in total. The van der Waals surface area contributed by atoms with Gasteiger partial charge in [-0.1, -0.05) is 91.0 Å². The number of nitrogens with zero attached hydrogens (tertiary/aromatic N) is 2. The van der Waals surface area contributed by atoms with Crippen molar-refractivity contribution in [3.8, 4) is 0 Å². The lowest BCUT2D eigenvalue weighted by Gasteiger charge is -2.38. The Labute approximate surface area is 236 Å². The number of aryl methyl sites for hydroxylation is 1. The quantitative estimate of drug-likeness (QED) is 0.137. The summed E-state index contributed by atoms with van der Waals surface area (Å²) < 4.78 is 1.61. The van der Waals surface area contributed by atoms with Crippen LogP contribution in [0.3, 0.4) is 0 Å². The fourth-order valence-electron chi connectivity index (χ4n) is 4.57. The highest BCUT2D eigenvalue weighted by atomic mass is 16.4. The maximum absolute atomic E-state index is 13.0. The molecule has 0 unspecified atom stereocenters. The van der Waals surface area contributed by atoms with Gasteiger partial charge >= 0.3 is 18.2 Å². The molecule has 3 aromatic carbocycles. The van der Waals surface area contributed by atoms with Crippen molar-refractivity contribution in [3.05, 3.63) is 114 Å². The Morgan fingerprint density at radius 2 is 1.22 bits per heavy atom. The second-order valence-electron chi connectivity index (χ2n) is 9.17. The molecule has 0 aliphatic heterocycles.